The Kier molecular flexibility index (Phi) is 22.8. The number of likely N-dealkylation sites (tertiary alicyclic amines) is 1. The van der Waals surface area contributed by atoms with Gasteiger partial charge in [-0.3, -0.25) is 43.3 Å². The summed E-state index contributed by atoms with van der Waals surface area (Å²) in [5, 5.41) is 53.3. The smallest absolute Gasteiger partial charge is 0.326 e. The van der Waals surface area contributed by atoms with Crippen molar-refractivity contribution < 1.29 is 63.6 Å². The Morgan fingerprint density at radius 2 is 1.25 bits per heavy atom. The molecule has 1 saturated heterocycles. The van der Waals surface area contributed by atoms with Crippen LogP contribution in [0.25, 0.3) is 0 Å². The van der Waals surface area contributed by atoms with Gasteiger partial charge in [-0.15, -0.1) is 0 Å². The van der Waals surface area contributed by atoms with E-state index in [1.54, 1.807) is 30.3 Å². The van der Waals surface area contributed by atoms with Crippen LogP contribution in [0, 0.1) is 11.8 Å². The molecule has 8 atom stereocenters. The first-order valence-corrected chi connectivity index (χ1v) is 21.3. The van der Waals surface area contributed by atoms with Gasteiger partial charge >= 0.3 is 11.9 Å². The first-order valence-electron chi connectivity index (χ1n) is 21.3. The zero-order valence-electron chi connectivity index (χ0n) is 37.0. The SMILES string of the molecule is CC(C)C(NC(=O)C(CCC(=O)O)NC(=O)C(NC(=O)C(CO)NC(=O)C(CCCN=C(N)N)NC(=O)C(Cc1ccccc1)NC(=O)C1CCCN1C(=O)C(N)CO)C(C)C)C(=O)O. The van der Waals surface area contributed by atoms with Crippen molar-refractivity contribution >= 4 is 59.2 Å². The Balaban J connectivity index is 2.36. The van der Waals surface area contributed by atoms with Gasteiger partial charge in [0.15, 0.2) is 5.96 Å². The van der Waals surface area contributed by atoms with E-state index < -0.39 is 140 Å². The number of aliphatic hydroxyl groups excluding tert-OH is 2. The number of hydrogen-bond donors (Lipinski definition) is 13. The van der Waals surface area contributed by atoms with Crippen LogP contribution < -0.4 is 49.1 Å². The van der Waals surface area contributed by atoms with Gasteiger partial charge in [0.2, 0.25) is 41.4 Å². The van der Waals surface area contributed by atoms with Gasteiger partial charge in [-0.2, -0.15) is 0 Å². The summed E-state index contributed by atoms with van der Waals surface area (Å²) in [6, 6.07) is -2.48. The molecule has 0 radical (unpaired) electrons. The highest BCUT2D eigenvalue weighted by molar-refractivity contribution is 5.98. The van der Waals surface area contributed by atoms with Crippen molar-refractivity contribution in [2.24, 2.45) is 34.0 Å². The monoisotopic (exact) mass is 919 g/mol. The topological polar surface area (TPSA) is 400 Å². The zero-order chi connectivity index (χ0) is 49.0. The molecule has 362 valence electrons. The highest BCUT2D eigenvalue weighted by Gasteiger charge is 2.39. The van der Waals surface area contributed by atoms with E-state index >= 15 is 0 Å². The molecule has 16 N–H and O–H groups in total. The number of nitrogens with one attached hydrogen (secondary N) is 6. The molecule has 24 nitrogen and oxygen atoms in total. The van der Waals surface area contributed by atoms with E-state index in [1.165, 1.54) is 32.6 Å². The summed E-state index contributed by atoms with van der Waals surface area (Å²) in [7, 11) is 0. The van der Waals surface area contributed by atoms with Gasteiger partial charge in [0.05, 0.1) is 13.2 Å². The van der Waals surface area contributed by atoms with Crippen LogP contribution in [0.1, 0.15) is 71.8 Å². The van der Waals surface area contributed by atoms with Crippen molar-refractivity contribution in [3.05, 3.63) is 35.9 Å². The van der Waals surface area contributed by atoms with Gasteiger partial charge in [-0.1, -0.05) is 58.0 Å². The van der Waals surface area contributed by atoms with Crippen LogP contribution in [0.15, 0.2) is 35.3 Å². The Labute approximate surface area is 376 Å². The lowest BCUT2D eigenvalue weighted by Crippen LogP contribution is -2.61. The fraction of sp³-hybridized carbons (Fsp3) is 0.610. The lowest BCUT2D eigenvalue weighted by atomic mass is 10.0. The number of guanidine groups is 1. The van der Waals surface area contributed by atoms with Crippen LogP contribution in [0.2, 0.25) is 0 Å². The number of rotatable bonds is 27. The Bertz CT molecular complexity index is 1850. The average Bonchev–Trinajstić information content (AvgIpc) is 3.75. The molecular formula is C41H65N11O13. The molecule has 1 aromatic rings. The molecule has 0 aromatic heterocycles. The number of amides is 7. The number of carboxylic acid groups (broad SMARTS) is 2. The van der Waals surface area contributed by atoms with Gasteiger partial charge in [0.25, 0.3) is 0 Å². The summed E-state index contributed by atoms with van der Waals surface area (Å²) in [6.45, 7) is 4.69. The summed E-state index contributed by atoms with van der Waals surface area (Å²) in [6.07, 6.45) is -0.386. The number of nitrogens with two attached hydrogens (primary N) is 3. The van der Waals surface area contributed by atoms with Gasteiger partial charge in [0, 0.05) is 25.9 Å². The third-order valence-corrected chi connectivity index (χ3v) is 10.4. The van der Waals surface area contributed by atoms with E-state index in [0.717, 1.165) is 0 Å². The first-order chi connectivity index (χ1) is 30.6. The molecule has 0 saturated carbocycles. The molecule has 24 heteroatoms. The van der Waals surface area contributed by atoms with Crippen molar-refractivity contribution in [3.63, 3.8) is 0 Å². The van der Waals surface area contributed by atoms with Crippen molar-refractivity contribution in [1.82, 2.24) is 36.8 Å². The maximum absolute atomic E-state index is 14.1. The second-order valence-electron chi connectivity index (χ2n) is 16.3. The van der Waals surface area contributed by atoms with E-state index in [4.69, 9.17) is 17.2 Å². The van der Waals surface area contributed by atoms with Gasteiger partial charge < -0.3 is 74.4 Å². The molecule has 0 aliphatic carbocycles. The molecule has 0 spiro atoms. The predicted octanol–water partition coefficient (Wildman–Crippen LogP) is -4.24. The number of carbonyl (C=O) groups excluding carboxylic acids is 7. The van der Waals surface area contributed by atoms with Crippen molar-refractivity contribution in [2.45, 2.75) is 121 Å². The molecule has 65 heavy (non-hydrogen) atoms. The second kappa shape index (κ2) is 27.0. The summed E-state index contributed by atoms with van der Waals surface area (Å²) in [5.74, 6) is -10.3. The van der Waals surface area contributed by atoms with Gasteiger partial charge in [-0.25, -0.2) is 4.79 Å². The van der Waals surface area contributed by atoms with Crippen molar-refractivity contribution in [1.29, 1.82) is 0 Å². The highest BCUT2D eigenvalue weighted by Crippen LogP contribution is 2.19. The number of nitrogens with zero attached hydrogens (tertiary/aromatic N) is 2. The minimum absolute atomic E-state index is 0.0166. The van der Waals surface area contributed by atoms with Gasteiger partial charge in [-0.05, 0) is 49.5 Å². The Hall–Kier alpha value is -6.40. The largest absolute Gasteiger partial charge is 0.481 e. The number of aliphatic carboxylic acids is 2. The number of aliphatic imine (C=N–C) groups is 1. The summed E-state index contributed by atoms with van der Waals surface area (Å²) < 4.78 is 0. The summed E-state index contributed by atoms with van der Waals surface area (Å²) in [5.41, 5.74) is 17.3. The van der Waals surface area contributed by atoms with E-state index in [9.17, 15) is 63.6 Å². The number of hydrogen-bond acceptors (Lipinski definition) is 13. The fourth-order valence-corrected chi connectivity index (χ4v) is 6.79. The maximum Gasteiger partial charge on any atom is 0.326 e. The van der Waals surface area contributed by atoms with Gasteiger partial charge in [0.1, 0.15) is 48.3 Å². The van der Waals surface area contributed by atoms with Crippen LogP contribution in [0.4, 0.5) is 0 Å². The van der Waals surface area contributed by atoms with Crippen LogP contribution in [0.3, 0.4) is 0 Å². The zero-order valence-corrected chi connectivity index (χ0v) is 37.0. The van der Waals surface area contributed by atoms with Crippen LogP contribution in [-0.2, 0) is 49.6 Å². The number of carbonyl (C=O) groups is 9. The standard InChI is InChI=1S/C41H65N11O13/c1-21(2)31(38(62)47-26(14-15-30(55)56)34(58)51-32(22(3)4)40(64)65)50-36(60)28(20-54)49-33(57)25(12-8-16-45-41(43)44)46-35(59)27(18-23-10-6-5-7-11-23)48-37(61)29-13-9-17-52(29)39(63)24(42)19-53/h5-7,10-11,21-22,24-29,31-32,53-54H,8-9,12-20,42H2,1-4H3,(H,46,59)(H,47,62)(H,48,61)(H,49,57)(H,50,60)(H,51,58)(H,55,56)(H,64,65)(H4,43,44,45). The average molecular weight is 920 g/mol. The van der Waals surface area contributed by atoms with Crippen molar-refractivity contribution in [2.75, 3.05) is 26.3 Å². The van der Waals surface area contributed by atoms with Crippen molar-refractivity contribution in [3.8, 4) is 0 Å². The van der Waals surface area contributed by atoms with Crippen LogP contribution in [0.5, 0.6) is 0 Å². The molecule has 7 amide bonds. The Morgan fingerprint density at radius 3 is 1.80 bits per heavy atom. The van der Waals surface area contributed by atoms with E-state index in [-0.39, 0.29) is 44.7 Å². The summed E-state index contributed by atoms with van der Waals surface area (Å²) in [4.78, 5) is 123. The number of benzene rings is 1. The molecule has 8 unspecified atom stereocenters. The minimum Gasteiger partial charge on any atom is -0.481 e. The molecule has 0 bridgehead atoms. The predicted molar refractivity (Wildman–Crippen MR) is 233 cm³/mol. The molecule has 2 rings (SSSR count). The molecule has 1 aliphatic heterocycles. The first kappa shape index (κ1) is 54.7. The molecule has 1 aromatic carbocycles. The molecular weight excluding hydrogens is 855 g/mol. The third-order valence-electron chi connectivity index (χ3n) is 10.4. The number of carboxylic acids is 2. The minimum atomic E-state index is -1.72. The Morgan fingerprint density at radius 1 is 0.708 bits per heavy atom. The third kappa shape index (κ3) is 17.9. The van der Waals surface area contributed by atoms with E-state index in [2.05, 4.69) is 36.9 Å². The van der Waals surface area contributed by atoms with E-state index in [0.29, 0.717) is 12.0 Å². The quantitative estimate of drug-likeness (QED) is 0.0226. The lowest BCUT2D eigenvalue weighted by Gasteiger charge is -2.29. The fourth-order valence-electron chi connectivity index (χ4n) is 6.79. The van der Waals surface area contributed by atoms with Crippen LogP contribution in [-0.4, -0.2) is 159 Å². The molecule has 1 fully saturated rings. The lowest BCUT2D eigenvalue weighted by molar-refractivity contribution is -0.144. The highest BCUT2D eigenvalue weighted by atomic mass is 16.4. The summed E-state index contributed by atoms with van der Waals surface area (Å²) >= 11 is 0. The second-order valence-corrected chi connectivity index (χ2v) is 16.3. The maximum atomic E-state index is 14.1. The normalized spacial score (nSPS) is 16.7. The van der Waals surface area contributed by atoms with E-state index in [1.807, 2.05) is 0 Å². The van der Waals surface area contributed by atoms with Crippen LogP contribution >= 0.6 is 0 Å². The molecule has 1 aliphatic rings. The molecule has 1 heterocycles. The number of aliphatic hydroxyl groups is 2.